The van der Waals surface area contributed by atoms with Crippen LogP contribution in [0.3, 0.4) is 0 Å². The van der Waals surface area contributed by atoms with Crippen molar-refractivity contribution in [3.05, 3.63) is 46.4 Å². The van der Waals surface area contributed by atoms with Gasteiger partial charge in [0.25, 0.3) is 5.91 Å². The number of carbonyl (C=O) groups is 1. The van der Waals surface area contributed by atoms with Crippen LogP contribution in [0, 0.1) is 0 Å². The average molecular weight is 449 g/mol. The SMILES string of the molecule is CCOc1c(Br)cc(C(=O)N2CCN(c3ccc(OC)cc3)CC2)cc1OC. The number of hydrogen-bond donors (Lipinski definition) is 0. The molecule has 0 radical (unpaired) electrons. The molecule has 0 N–H and O–H groups in total. The van der Waals surface area contributed by atoms with Gasteiger partial charge in [0.2, 0.25) is 0 Å². The summed E-state index contributed by atoms with van der Waals surface area (Å²) in [5.41, 5.74) is 1.73. The summed E-state index contributed by atoms with van der Waals surface area (Å²) in [4.78, 5) is 17.1. The first-order valence-corrected chi connectivity index (χ1v) is 10.0. The molecule has 0 unspecified atom stereocenters. The Balaban J connectivity index is 1.68. The highest BCUT2D eigenvalue weighted by Gasteiger charge is 2.24. The van der Waals surface area contributed by atoms with Crippen LogP contribution in [0.2, 0.25) is 0 Å². The Morgan fingerprint density at radius 2 is 1.71 bits per heavy atom. The van der Waals surface area contributed by atoms with Crippen LogP contribution >= 0.6 is 15.9 Å². The molecule has 1 fully saturated rings. The van der Waals surface area contributed by atoms with Crippen molar-refractivity contribution < 1.29 is 19.0 Å². The number of methoxy groups -OCH3 is 2. The monoisotopic (exact) mass is 448 g/mol. The maximum absolute atomic E-state index is 13.0. The van der Waals surface area contributed by atoms with E-state index in [0.717, 1.165) is 24.5 Å². The third-order valence-corrected chi connectivity index (χ3v) is 5.36. The fourth-order valence-electron chi connectivity index (χ4n) is 3.27. The molecule has 28 heavy (non-hydrogen) atoms. The van der Waals surface area contributed by atoms with E-state index in [1.54, 1.807) is 26.4 Å². The molecule has 1 amide bonds. The summed E-state index contributed by atoms with van der Waals surface area (Å²) in [6, 6.07) is 11.5. The number of nitrogens with zero attached hydrogens (tertiary/aromatic N) is 2. The maximum Gasteiger partial charge on any atom is 0.254 e. The lowest BCUT2D eigenvalue weighted by molar-refractivity contribution is 0.0746. The number of hydrogen-bond acceptors (Lipinski definition) is 5. The fraction of sp³-hybridized carbons (Fsp3) is 0.381. The zero-order chi connectivity index (χ0) is 20.1. The minimum absolute atomic E-state index is 0.00331. The fourth-order valence-corrected chi connectivity index (χ4v) is 3.83. The van der Waals surface area contributed by atoms with E-state index in [-0.39, 0.29) is 5.91 Å². The molecule has 0 bridgehead atoms. The van der Waals surface area contributed by atoms with Gasteiger partial charge in [0.15, 0.2) is 11.5 Å². The Labute approximate surface area is 174 Å². The van der Waals surface area contributed by atoms with Crippen molar-refractivity contribution in [2.75, 3.05) is 51.9 Å². The van der Waals surface area contributed by atoms with Gasteiger partial charge in [-0.3, -0.25) is 4.79 Å². The first-order chi connectivity index (χ1) is 13.6. The van der Waals surface area contributed by atoms with Crippen LogP contribution in [0.1, 0.15) is 17.3 Å². The average Bonchev–Trinajstić information content (AvgIpc) is 2.74. The van der Waals surface area contributed by atoms with E-state index < -0.39 is 0 Å². The summed E-state index contributed by atoms with van der Waals surface area (Å²) in [5, 5.41) is 0. The molecule has 0 aromatic heterocycles. The largest absolute Gasteiger partial charge is 0.497 e. The third kappa shape index (κ3) is 4.35. The topological polar surface area (TPSA) is 51.2 Å². The Hall–Kier alpha value is -2.41. The van der Waals surface area contributed by atoms with Gasteiger partial charge in [0.1, 0.15) is 5.75 Å². The van der Waals surface area contributed by atoms with Crippen LogP contribution in [-0.4, -0.2) is 57.8 Å². The molecule has 3 rings (SSSR count). The Bertz CT molecular complexity index is 818. The quantitative estimate of drug-likeness (QED) is 0.671. The molecule has 0 spiro atoms. The number of benzene rings is 2. The van der Waals surface area contributed by atoms with Crippen molar-refractivity contribution in [1.29, 1.82) is 0 Å². The van der Waals surface area contributed by atoms with Crippen molar-refractivity contribution in [2.24, 2.45) is 0 Å². The molecule has 1 saturated heterocycles. The zero-order valence-electron chi connectivity index (χ0n) is 16.4. The molecule has 150 valence electrons. The second kappa shape index (κ2) is 9.19. The summed E-state index contributed by atoms with van der Waals surface area (Å²) in [5.74, 6) is 2.01. The highest BCUT2D eigenvalue weighted by molar-refractivity contribution is 9.10. The molecule has 1 heterocycles. The number of ether oxygens (including phenoxy) is 3. The second-order valence-corrected chi connectivity index (χ2v) is 7.25. The van der Waals surface area contributed by atoms with Crippen LogP contribution in [0.4, 0.5) is 5.69 Å². The van der Waals surface area contributed by atoms with Crippen molar-refractivity contribution in [1.82, 2.24) is 4.90 Å². The normalized spacial score (nSPS) is 14.0. The lowest BCUT2D eigenvalue weighted by atomic mass is 10.1. The number of rotatable bonds is 6. The van der Waals surface area contributed by atoms with Crippen molar-refractivity contribution in [3.8, 4) is 17.2 Å². The van der Waals surface area contributed by atoms with Crippen LogP contribution in [0.5, 0.6) is 17.2 Å². The van der Waals surface area contributed by atoms with E-state index in [9.17, 15) is 4.79 Å². The predicted octanol–water partition coefficient (Wildman–Crippen LogP) is 3.83. The summed E-state index contributed by atoms with van der Waals surface area (Å²) in [6.07, 6.45) is 0. The van der Waals surface area contributed by atoms with Gasteiger partial charge >= 0.3 is 0 Å². The molecule has 6 nitrogen and oxygen atoms in total. The van der Waals surface area contributed by atoms with Gasteiger partial charge in [-0.25, -0.2) is 0 Å². The molecule has 0 saturated carbocycles. The zero-order valence-corrected chi connectivity index (χ0v) is 18.0. The van der Waals surface area contributed by atoms with Crippen LogP contribution in [-0.2, 0) is 0 Å². The van der Waals surface area contributed by atoms with Gasteiger partial charge in [-0.2, -0.15) is 0 Å². The highest BCUT2D eigenvalue weighted by atomic mass is 79.9. The minimum atomic E-state index is -0.00331. The lowest BCUT2D eigenvalue weighted by Gasteiger charge is -2.36. The highest BCUT2D eigenvalue weighted by Crippen LogP contribution is 2.37. The summed E-state index contributed by atoms with van der Waals surface area (Å²) >= 11 is 3.49. The molecular formula is C21H25BrN2O4. The Kier molecular flexibility index (Phi) is 6.67. The number of anilines is 1. The van der Waals surface area contributed by atoms with E-state index in [1.165, 1.54) is 0 Å². The molecule has 1 aliphatic rings. The van der Waals surface area contributed by atoms with E-state index in [0.29, 0.717) is 41.2 Å². The predicted molar refractivity (Wildman–Crippen MR) is 113 cm³/mol. The van der Waals surface area contributed by atoms with E-state index in [1.807, 2.05) is 36.1 Å². The Morgan fingerprint density at radius 3 is 2.29 bits per heavy atom. The van der Waals surface area contributed by atoms with E-state index in [2.05, 4.69) is 20.8 Å². The van der Waals surface area contributed by atoms with Gasteiger partial charge in [-0.05, 0) is 59.3 Å². The van der Waals surface area contributed by atoms with Gasteiger partial charge in [0.05, 0.1) is 25.3 Å². The van der Waals surface area contributed by atoms with Gasteiger partial charge < -0.3 is 24.0 Å². The van der Waals surface area contributed by atoms with Crippen molar-refractivity contribution in [3.63, 3.8) is 0 Å². The van der Waals surface area contributed by atoms with E-state index >= 15 is 0 Å². The van der Waals surface area contributed by atoms with Crippen molar-refractivity contribution >= 4 is 27.5 Å². The number of halogens is 1. The molecule has 2 aromatic rings. The standard InChI is InChI=1S/C21H25BrN2O4/c1-4-28-20-18(22)13-15(14-19(20)27-3)21(25)24-11-9-23(10-12-24)16-5-7-17(26-2)8-6-16/h5-8,13-14H,4,9-12H2,1-3H3. The van der Waals surface area contributed by atoms with Crippen LogP contribution < -0.4 is 19.1 Å². The van der Waals surface area contributed by atoms with Gasteiger partial charge in [0, 0.05) is 37.4 Å². The molecular weight excluding hydrogens is 424 g/mol. The van der Waals surface area contributed by atoms with E-state index in [4.69, 9.17) is 14.2 Å². The van der Waals surface area contributed by atoms with Crippen molar-refractivity contribution in [2.45, 2.75) is 6.92 Å². The number of amides is 1. The lowest BCUT2D eigenvalue weighted by Crippen LogP contribution is -2.48. The number of piperazine rings is 1. The second-order valence-electron chi connectivity index (χ2n) is 6.40. The molecule has 0 aliphatic carbocycles. The van der Waals surface area contributed by atoms with Gasteiger partial charge in [-0.1, -0.05) is 0 Å². The first-order valence-electron chi connectivity index (χ1n) is 9.26. The van der Waals surface area contributed by atoms with Gasteiger partial charge in [-0.15, -0.1) is 0 Å². The first kappa shape index (κ1) is 20.3. The molecule has 0 atom stereocenters. The number of carbonyl (C=O) groups excluding carboxylic acids is 1. The van der Waals surface area contributed by atoms with Crippen LogP contribution in [0.15, 0.2) is 40.9 Å². The maximum atomic E-state index is 13.0. The smallest absolute Gasteiger partial charge is 0.254 e. The minimum Gasteiger partial charge on any atom is -0.497 e. The third-order valence-electron chi connectivity index (χ3n) is 4.77. The van der Waals surface area contributed by atoms with Crippen LogP contribution in [0.25, 0.3) is 0 Å². The summed E-state index contributed by atoms with van der Waals surface area (Å²) in [6.45, 7) is 5.33. The molecule has 2 aromatic carbocycles. The molecule has 1 aliphatic heterocycles. The summed E-state index contributed by atoms with van der Waals surface area (Å²) < 4.78 is 16.9. The summed E-state index contributed by atoms with van der Waals surface area (Å²) in [7, 11) is 3.24. The Morgan fingerprint density at radius 1 is 1.04 bits per heavy atom. The molecule has 7 heteroatoms.